The lowest BCUT2D eigenvalue weighted by molar-refractivity contribution is 0.403. The Bertz CT molecular complexity index is 672. The Balaban J connectivity index is 1.34. The summed E-state index contributed by atoms with van der Waals surface area (Å²) in [5.74, 6) is 0.870. The predicted octanol–water partition coefficient (Wildman–Crippen LogP) is 8.24. The van der Waals surface area contributed by atoms with Gasteiger partial charge in [0.2, 0.25) is 0 Å². The highest BCUT2D eigenvalue weighted by Crippen LogP contribution is 2.36. The minimum absolute atomic E-state index is 0.864. The predicted molar refractivity (Wildman–Crippen MR) is 115 cm³/mol. The van der Waals surface area contributed by atoms with Crippen LogP contribution in [0, 0.1) is 5.92 Å². The molecule has 1 atom stereocenters. The van der Waals surface area contributed by atoms with Crippen LogP contribution in [0.25, 0.3) is 10.9 Å². The Morgan fingerprint density at radius 3 is 2.38 bits per heavy atom. The molecule has 0 bridgehead atoms. The lowest BCUT2D eigenvalue weighted by Gasteiger charge is -2.22. The summed E-state index contributed by atoms with van der Waals surface area (Å²) in [6.07, 6.45) is 19.5. The molecule has 0 saturated heterocycles. The highest BCUT2D eigenvalue weighted by Gasteiger charge is 2.22. The molecule has 1 nitrogen and oxygen atoms in total. The topological polar surface area (TPSA) is 15.8 Å². The number of hydrogen-bond acceptors (Lipinski definition) is 0. The van der Waals surface area contributed by atoms with Crippen molar-refractivity contribution in [1.82, 2.24) is 4.98 Å². The lowest BCUT2D eigenvalue weighted by atomic mass is 9.83. The third-order valence-corrected chi connectivity index (χ3v) is 6.56. The zero-order valence-electron chi connectivity index (χ0n) is 16.6. The standard InChI is InChI=1S/C24H36ClN/c1-2-3-4-5-6-7-8-9-10-11-13-19-16-17-23-21(18-19)20-14-12-15-22(25)24(20)26-23/h12,14-15,19,26H,2-11,13,16-18H2,1H3. The molecule has 1 aliphatic rings. The summed E-state index contributed by atoms with van der Waals surface area (Å²) in [6, 6.07) is 6.32. The van der Waals surface area contributed by atoms with Crippen LogP contribution in [0.2, 0.25) is 5.02 Å². The SMILES string of the molecule is CCCCCCCCCCCCC1CCc2[nH]c3c(Cl)cccc3c2C1. The Labute approximate surface area is 164 Å². The van der Waals surface area contributed by atoms with E-state index >= 15 is 0 Å². The van der Waals surface area contributed by atoms with Crippen LogP contribution in [0.15, 0.2) is 18.2 Å². The average Bonchev–Trinajstić information content (AvgIpc) is 3.03. The molecule has 0 amide bonds. The van der Waals surface area contributed by atoms with Gasteiger partial charge in [-0.05, 0) is 36.8 Å². The Hall–Kier alpha value is -0.950. The van der Waals surface area contributed by atoms with Crippen LogP contribution in [0.1, 0.15) is 95.2 Å². The summed E-state index contributed by atoms with van der Waals surface area (Å²) in [5.41, 5.74) is 4.14. The number of aromatic amines is 1. The molecule has 1 N–H and O–H groups in total. The van der Waals surface area contributed by atoms with Crippen LogP contribution in [-0.2, 0) is 12.8 Å². The van der Waals surface area contributed by atoms with E-state index in [2.05, 4.69) is 24.0 Å². The molecule has 1 aliphatic carbocycles. The first-order valence-electron chi connectivity index (χ1n) is 11.1. The van der Waals surface area contributed by atoms with E-state index in [-0.39, 0.29) is 0 Å². The van der Waals surface area contributed by atoms with Crippen molar-refractivity contribution in [2.75, 3.05) is 0 Å². The number of nitrogens with one attached hydrogen (secondary N) is 1. The van der Waals surface area contributed by atoms with Crippen molar-refractivity contribution in [2.45, 2.75) is 96.8 Å². The second-order valence-corrected chi connectivity index (χ2v) is 8.73. The highest BCUT2D eigenvalue weighted by molar-refractivity contribution is 6.35. The van der Waals surface area contributed by atoms with Gasteiger partial charge in [-0.25, -0.2) is 0 Å². The molecule has 1 aromatic heterocycles. The first-order valence-corrected chi connectivity index (χ1v) is 11.4. The molecule has 1 aromatic carbocycles. The third-order valence-electron chi connectivity index (χ3n) is 6.24. The van der Waals surface area contributed by atoms with Gasteiger partial charge < -0.3 is 4.98 Å². The van der Waals surface area contributed by atoms with Gasteiger partial charge in [-0.2, -0.15) is 0 Å². The average molecular weight is 374 g/mol. The molecule has 26 heavy (non-hydrogen) atoms. The zero-order valence-corrected chi connectivity index (χ0v) is 17.3. The van der Waals surface area contributed by atoms with E-state index < -0.39 is 0 Å². The van der Waals surface area contributed by atoms with Gasteiger partial charge in [-0.1, -0.05) is 101 Å². The van der Waals surface area contributed by atoms with Crippen molar-refractivity contribution in [2.24, 2.45) is 5.92 Å². The van der Waals surface area contributed by atoms with E-state index in [1.165, 1.54) is 101 Å². The number of fused-ring (bicyclic) bond motifs is 3. The fourth-order valence-corrected chi connectivity index (χ4v) is 4.87. The van der Waals surface area contributed by atoms with E-state index in [1.807, 2.05) is 6.07 Å². The van der Waals surface area contributed by atoms with Gasteiger partial charge in [0.25, 0.3) is 0 Å². The highest BCUT2D eigenvalue weighted by atomic mass is 35.5. The molecular weight excluding hydrogens is 338 g/mol. The quantitative estimate of drug-likeness (QED) is 0.381. The van der Waals surface area contributed by atoms with Crippen LogP contribution in [0.3, 0.4) is 0 Å². The van der Waals surface area contributed by atoms with Gasteiger partial charge in [0.05, 0.1) is 10.5 Å². The minimum Gasteiger partial charge on any atom is -0.357 e. The van der Waals surface area contributed by atoms with Gasteiger partial charge in [-0.3, -0.25) is 0 Å². The van der Waals surface area contributed by atoms with Crippen molar-refractivity contribution in [3.8, 4) is 0 Å². The van der Waals surface area contributed by atoms with Gasteiger partial charge in [0.15, 0.2) is 0 Å². The normalized spacial score (nSPS) is 16.9. The molecule has 1 unspecified atom stereocenters. The molecule has 2 heteroatoms. The monoisotopic (exact) mass is 373 g/mol. The second-order valence-electron chi connectivity index (χ2n) is 8.32. The number of halogens is 1. The van der Waals surface area contributed by atoms with Crippen molar-refractivity contribution in [3.05, 3.63) is 34.5 Å². The van der Waals surface area contributed by atoms with Gasteiger partial charge in [0, 0.05) is 11.1 Å². The van der Waals surface area contributed by atoms with E-state index in [0.717, 1.165) is 16.5 Å². The minimum atomic E-state index is 0.864. The van der Waals surface area contributed by atoms with Gasteiger partial charge >= 0.3 is 0 Å². The maximum atomic E-state index is 6.36. The zero-order chi connectivity index (χ0) is 18.2. The number of H-pyrrole nitrogens is 1. The van der Waals surface area contributed by atoms with E-state index in [4.69, 9.17) is 11.6 Å². The van der Waals surface area contributed by atoms with E-state index in [0.29, 0.717) is 0 Å². The van der Waals surface area contributed by atoms with Crippen molar-refractivity contribution in [3.63, 3.8) is 0 Å². The van der Waals surface area contributed by atoms with Crippen molar-refractivity contribution in [1.29, 1.82) is 0 Å². The molecule has 0 fully saturated rings. The molecule has 1 heterocycles. The first kappa shape index (κ1) is 19.8. The summed E-state index contributed by atoms with van der Waals surface area (Å²) >= 11 is 6.36. The summed E-state index contributed by atoms with van der Waals surface area (Å²) < 4.78 is 0. The summed E-state index contributed by atoms with van der Waals surface area (Å²) in [5, 5.41) is 2.23. The van der Waals surface area contributed by atoms with E-state index in [1.54, 1.807) is 5.56 Å². The first-order chi connectivity index (χ1) is 12.8. The fourth-order valence-electron chi connectivity index (χ4n) is 4.64. The third kappa shape index (κ3) is 5.28. The van der Waals surface area contributed by atoms with Crippen LogP contribution in [0.5, 0.6) is 0 Å². The molecule has 0 aliphatic heterocycles. The van der Waals surface area contributed by atoms with Crippen LogP contribution >= 0.6 is 11.6 Å². The van der Waals surface area contributed by atoms with Gasteiger partial charge in [-0.15, -0.1) is 0 Å². The summed E-state index contributed by atoms with van der Waals surface area (Å²) in [7, 11) is 0. The Kier molecular flexibility index (Phi) is 7.92. The largest absolute Gasteiger partial charge is 0.357 e. The number of aromatic nitrogens is 1. The molecule has 0 saturated carbocycles. The Morgan fingerprint density at radius 2 is 1.65 bits per heavy atom. The lowest BCUT2D eigenvalue weighted by Crippen LogP contribution is -2.13. The Morgan fingerprint density at radius 1 is 0.962 bits per heavy atom. The number of rotatable bonds is 11. The molecule has 144 valence electrons. The van der Waals surface area contributed by atoms with Crippen LogP contribution in [0.4, 0.5) is 0 Å². The number of benzene rings is 1. The number of aryl methyl sites for hydroxylation is 1. The smallest absolute Gasteiger partial charge is 0.0648 e. The summed E-state index contributed by atoms with van der Waals surface area (Å²) in [4.78, 5) is 3.58. The maximum absolute atomic E-state index is 6.36. The second kappa shape index (κ2) is 10.4. The maximum Gasteiger partial charge on any atom is 0.0648 e. The fraction of sp³-hybridized carbons (Fsp3) is 0.667. The van der Waals surface area contributed by atoms with Gasteiger partial charge in [0.1, 0.15) is 0 Å². The van der Waals surface area contributed by atoms with Crippen LogP contribution in [-0.4, -0.2) is 4.98 Å². The molecule has 0 spiro atoms. The van der Waals surface area contributed by atoms with Crippen LogP contribution < -0.4 is 0 Å². The number of unbranched alkanes of at least 4 members (excludes halogenated alkanes) is 9. The van der Waals surface area contributed by atoms with Crippen molar-refractivity contribution >= 4 is 22.5 Å². The summed E-state index contributed by atoms with van der Waals surface area (Å²) in [6.45, 7) is 2.29. The number of para-hydroxylation sites is 1. The molecule has 3 rings (SSSR count). The molecule has 0 radical (unpaired) electrons. The molecular formula is C24H36ClN. The molecule has 2 aromatic rings. The number of hydrogen-bond donors (Lipinski definition) is 1. The van der Waals surface area contributed by atoms with Crippen molar-refractivity contribution < 1.29 is 0 Å². The van der Waals surface area contributed by atoms with E-state index in [9.17, 15) is 0 Å².